The van der Waals surface area contributed by atoms with E-state index in [2.05, 4.69) is 51.2 Å². The van der Waals surface area contributed by atoms with Crippen LogP contribution in [0.15, 0.2) is 107 Å². The van der Waals surface area contributed by atoms with Gasteiger partial charge in [0.2, 0.25) is 23.8 Å². The Kier molecular flexibility index (Phi) is 15.6. The van der Waals surface area contributed by atoms with Crippen molar-refractivity contribution in [2.45, 2.75) is 37.5 Å². The van der Waals surface area contributed by atoms with Crippen molar-refractivity contribution in [3.63, 3.8) is 0 Å². The van der Waals surface area contributed by atoms with E-state index in [9.17, 15) is 25.9 Å². The van der Waals surface area contributed by atoms with Gasteiger partial charge in [0.05, 0.1) is 26.4 Å². The minimum Gasteiger partial charge on any atom is -0.324 e. The predicted molar refractivity (Wildman–Crippen MR) is 239 cm³/mol. The first-order chi connectivity index (χ1) is 30.8. The molecule has 4 aromatic carbocycles. The van der Waals surface area contributed by atoms with Gasteiger partial charge in [0.25, 0.3) is 32.1 Å². The van der Waals surface area contributed by atoms with E-state index in [1.165, 1.54) is 36.4 Å². The van der Waals surface area contributed by atoms with Crippen molar-refractivity contribution in [2.24, 2.45) is 0 Å². The summed E-state index contributed by atoms with van der Waals surface area (Å²) >= 11 is 0. The average molecular weight is 917 g/mol. The highest BCUT2D eigenvalue weighted by Crippen LogP contribution is 2.29. The molecule has 22 nitrogen and oxygen atoms in total. The molecule has 6 N–H and O–H groups in total. The van der Waals surface area contributed by atoms with E-state index >= 15 is 0 Å². The Hall–Kier alpha value is -6.90. The summed E-state index contributed by atoms with van der Waals surface area (Å²) in [6, 6.07) is 26.0. The van der Waals surface area contributed by atoms with Gasteiger partial charge in [0, 0.05) is 22.7 Å². The van der Waals surface area contributed by atoms with Crippen LogP contribution >= 0.6 is 0 Å². The van der Waals surface area contributed by atoms with Crippen molar-refractivity contribution < 1.29 is 45.3 Å². The molecule has 6 aromatic rings. The number of benzene rings is 4. The summed E-state index contributed by atoms with van der Waals surface area (Å²) in [6.45, 7) is 7.85. The molecule has 2 aromatic heterocycles. The average Bonchev–Trinajstić information content (AvgIpc) is 3.26. The van der Waals surface area contributed by atoms with Gasteiger partial charge in [-0.15, -0.1) is 0 Å². The molecular weight excluding hydrogens is 873 g/mol. The van der Waals surface area contributed by atoms with Gasteiger partial charge in [0.15, 0.2) is 0 Å². The predicted octanol–water partition coefficient (Wildman–Crippen LogP) is 7.11. The summed E-state index contributed by atoms with van der Waals surface area (Å²) in [4.78, 5) is 47.4. The van der Waals surface area contributed by atoms with Crippen molar-refractivity contribution in [3.8, 4) is 0 Å². The normalized spacial score (nSPS) is 11.7. The lowest BCUT2D eigenvalue weighted by Gasteiger charge is -2.20. The van der Waals surface area contributed by atoms with Gasteiger partial charge in [-0.1, -0.05) is 71.1 Å². The number of nitrogens with zero attached hydrogens (tertiary/aromatic N) is 8. The van der Waals surface area contributed by atoms with Crippen molar-refractivity contribution in [1.82, 2.24) is 29.9 Å². The maximum absolute atomic E-state index is 12.7. The van der Waals surface area contributed by atoms with E-state index in [4.69, 9.17) is 19.4 Å². The molecule has 0 unspecified atom stereocenters. The van der Waals surface area contributed by atoms with Crippen LogP contribution in [0.3, 0.4) is 0 Å². The first kappa shape index (κ1) is 46.6. The standard InChI is InChI=1S/C40H44N12O10S2/c1-5-59-51(60-6-2)39-47-35(41-29-15-11-9-12-16-29)45-37(49-39)43-31-23-21-27(33(25-31)63(53,54)55)19-20-28-22-24-32(26-34(28)64(56,57)58)44-38-46-36(42-30-17-13-10-14-18-30)48-40(50-38)52(61-7-3)62-8-4/h9-26H,5-8H2,1-4H3,(H,53,54,55)(H,56,57,58)(H2,41,43,45,47,49)(H2,42,44,46,48,50). The number of hydrogen-bond donors (Lipinski definition) is 6. The zero-order valence-electron chi connectivity index (χ0n) is 34.8. The second-order valence-corrected chi connectivity index (χ2v) is 15.6. The number of nitrogens with one attached hydrogen (secondary N) is 4. The van der Waals surface area contributed by atoms with Gasteiger partial charge in [0.1, 0.15) is 9.79 Å². The quantitative estimate of drug-likeness (QED) is 0.0225. The number of rotatable bonds is 22. The molecule has 64 heavy (non-hydrogen) atoms. The van der Waals surface area contributed by atoms with Crippen molar-refractivity contribution in [3.05, 3.63) is 108 Å². The Morgan fingerprint density at radius 2 is 0.781 bits per heavy atom. The molecule has 0 spiro atoms. The molecule has 6 rings (SSSR count). The third kappa shape index (κ3) is 12.8. The molecule has 0 aliphatic heterocycles. The van der Waals surface area contributed by atoms with Crippen molar-refractivity contribution >= 4 is 90.8 Å². The molecule has 336 valence electrons. The topological polar surface area (TPSA) is 278 Å². The summed E-state index contributed by atoms with van der Waals surface area (Å²) in [5.41, 5.74) is 1.51. The third-order valence-electron chi connectivity index (χ3n) is 8.16. The summed E-state index contributed by atoms with van der Waals surface area (Å²) in [6.07, 6.45) is 2.51. The first-order valence-corrected chi connectivity index (χ1v) is 22.4. The molecule has 0 aliphatic carbocycles. The summed E-state index contributed by atoms with van der Waals surface area (Å²) in [5.74, 6) is -0.00780. The van der Waals surface area contributed by atoms with E-state index in [0.29, 0.717) is 11.4 Å². The molecule has 0 amide bonds. The zero-order valence-corrected chi connectivity index (χ0v) is 36.4. The summed E-state index contributed by atoms with van der Waals surface area (Å²) in [5, 5.41) is 14.0. The lowest BCUT2D eigenvalue weighted by molar-refractivity contribution is -0.0852. The lowest BCUT2D eigenvalue weighted by atomic mass is 10.1. The monoisotopic (exact) mass is 916 g/mol. The van der Waals surface area contributed by atoms with Gasteiger partial charge in [-0.25, -0.2) is 19.4 Å². The molecular formula is C40H44N12O10S2. The molecule has 0 aliphatic rings. The van der Waals surface area contributed by atoms with Crippen LogP contribution in [0.25, 0.3) is 12.2 Å². The van der Waals surface area contributed by atoms with E-state index in [1.807, 2.05) is 36.4 Å². The molecule has 0 saturated carbocycles. The Morgan fingerprint density at radius 3 is 1.08 bits per heavy atom. The van der Waals surface area contributed by atoms with Gasteiger partial charge < -0.3 is 21.3 Å². The zero-order chi connectivity index (χ0) is 45.7. The minimum absolute atomic E-state index is 0.0392. The molecule has 24 heteroatoms. The Balaban J connectivity index is 1.31. The van der Waals surface area contributed by atoms with Crippen LogP contribution in [-0.2, 0) is 39.6 Å². The van der Waals surface area contributed by atoms with E-state index < -0.39 is 30.0 Å². The third-order valence-corrected chi connectivity index (χ3v) is 9.98. The van der Waals surface area contributed by atoms with E-state index in [1.54, 1.807) is 52.0 Å². The highest BCUT2D eigenvalue weighted by atomic mass is 32.2. The molecule has 0 bridgehead atoms. The number of anilines is 10. The van der Waals surface area contributed by atoms with Crippen molar-refractivity contribution in [1.29, 1.82) is 0 Å². The minimum atomic E-state index is -4.89. The van der Waals surface area contributed by atoms with E-state index in [0.717, 1.165) is 22.6 Å². The molecule has 2 heterocycles. The first-order valence-electron chi connectivity index (χ1n) is 19.5. The van der Waals surface area contributed by atoms with Crippen LogP contribution in [0, 0.1) is 0 Å². The molecule has 0 fully saturated rings. The van der Waals surface area contributed by atoms with Gasteiger partial charge >= 0.3 is 0 Å². The fourth-order valence-corrected chi connectivity index (χ4v) is 7.00. The highest BCUT2D eigenvalue weighted by molar-refractivity contribution is 7.86. The smallest absolute Gasteiger partial charge is 0.295 e. The molecule has 0 atom stereocenters. The SMILES string of the molecule is CCON(OCC)c1nc(Nc2ccccc2)nc(Nc2ccc(C=Cc3ccc(Nc4nc(Nc5ccccc5)nc(N(OCC)OCC)n4)cc3S(=O)(=O)O)c(S(=O)(=O)O)c2)n1. The van der Waals surface area contributed by atoms with Crippen LogP contribution in [0.2, 0.25) is 0 Å². The van der Waals surface area contributed by atoms with Crippen LogP contribution in [0.1, 0.15) is 38.8 Å². The number of hydrogen-bond acceptors (Lipinski definition) is 20. The number of para-hydroxylation sites is 2. The molecule has 0 radical (unpaired) electrons. The van der Waals surface area contributed by atoms with Crippen LogP contribution < -0.4 is 31.7 Å². The Morgan fingerprint density at radius 1 is 0.469 bits per heavy atom. The van der Waals surface area contributed by atoms with Gasteiger partial charge in [-0.2, -0.15) is 46.7 Å². The van der Waals surface area contributed by atoms with Gasteiger partial charge in [-0.3, -0.25) is 9.11 Å². The fraction of sp³-hybridized carbons (Fsp3) is 0.200. The molecule has 0 saturated heterocycles. The van der Waals surface area contributed by atoms with E-state index in [-0.39, 0.29) is 84.6 Å². The Bertz CT molecular complexity index is 2580. The van der Waals surface area contributed by atoms with Crippen molar-refractivity contribution in [2.75, 3.05) is 58.1 Å². The van der Waals surface area contributed by atoms with Crippen LogP contribution in [0.4, 0.5) is 58.4 Å². The summed E-state index contributed by atoms with van der Waals surface area (Å²) < 4.78 is 71.6. The maximum atomic E-state index is 12.7. The fourth-order valence-electron chi connectivity index (χ4n) is 5.58. The lowest BCUT2D eigenvalue weighted by Crippen LogP contribution is -2.26. The second-order valence-electron chi connectivity index (χ2n) is 12.8. The Labute approximate surface area is 368 Å². The highest BCUT2D eigenvalue weighted by Gasteiger charge is 2.21. The maximum Gasteiger partial charge on any atom is 0.295 e. The second kappa shape index (κ2) is 21.5. The van der Waals surface area contributed by atoms with Crippen LogP contribution in [-0.4, -0.2) is 82.3 Å². The van der Waals surface area contributed by atoms with Gasteiger partial charge in [-0.05, 0) is 87.4 Å². The van der Waals surface area contributed by atoms with Crippen LogP contribution in [0.5, 0.6) is 0 Å². The largest absolute Gasteiger partial charge is 0.324 e. The summed E-state index contributed by atoms with van der Waals surface area (Å²) in [7, 11) is -9.77. The number of aromatic nitrogens is 6.